The predicted molar refractivity (Wildman–Crippen MR) is 143 cm³/mol. The maximum Gasteiger partial charge on any atom is 0.291 e. The molecule has 2 heterocycles. The number of benzene rings is 2. The van der Waals surface area contributed by atoms with E-state index in [-0.39, 0.29) is 11.0 Å². The smallest absolute Gasteiger partial charge is 0.291 e. The van der Waals surface area contributed by atoms with E-state index in [9.17, 15) is 4.79 Å². The highest BCUT2D eigenvalue weighted by Gasteiger charge is 2.16. The molecule has 4 aromatic rings. The van der Waals surface area contributed by atoms with Crippen LogP contribution in [0.3, 0.4) is 0 Å². The Bertz CT molecular complexity index is 1400. The number of hydrogen-bond donors (Lipinski definition) is 0. The molecule has 7 heteroatoms. The van der Waals surface area contributed by atoms with E-state index in [1.165, 1.54) is 21.4 Å². The Morgan fingerprint density at radius 1 is 1.00 bits per heavy atom. The van der Waals surface area contributed by atoms with Crippen molar-refractivity contribution < 1.29 is 9.47 Å². The van der Waals surface area contributed by atoms with Gasteiger partial charge in [-0.1, -0.05) is 82.2 Å². The summed E-state index contributed by atoms with van der Waals surface area (Å²) in [5.41, 5.74) is 2.92. The Kier molecular flexibility index (Phi) is 7.55. The van der Waals surface area contributed by atoms with Crippen molar-refractivity contribution in [3.63, 3.8) is 0 Å². The van der Waals surface area contributed by atoms with Crippen molar-refractivity contribution in [3.05, 3.63) is 68.5 Å². The first-order valence-corrected chi connectivity index (χ1v) is 13.0. The van der Waals surface area contributed by atoms with Crippen LogP contribution in [0.15, 0.2) is 47.3 Å². The second kappa shape index (κ2) is 10.6. The number of nitrogens with zero attached hydrogens (tertiary/aromatic N) is 3. The zero-order valence-corrected chi connectivity index (χ0v) is 21.9. The number of rotatable bonds is 9. The van der Waals surface area contributed by atoms with E-state index in [2.05, 4.69) is 49.9 Å². The third kappa shape index (κ3) is 5.73. The molecule has 0 aliphatic carbocycles. The van der Waals surface area contributed by atoms with E-state index in [0.29, 0.717) is 34.3 Å². The molecule has 0 fully saturated rings. The fourth-order valence-electron chi connectivity index (χ4n) is 3.76. The molecule has 0 aliphatic heterocycles. The van der Waals surface area contributed by atoms with Gasteiger partial charge >= 0.3 is 0 Å². The maximum absolute atomic E-state index is 13.0. The molecule has 0 N–H and O–H groups in total. The monoisotopic (exact) mass is 491 g/mol. The molecule has 2 aromatic carbocycles. The molecule has 6 nitrogen and oxygen atoms in total. The highest BCUT2D eigenvalue weighted by molar-refractivity contribution is 7.15. The highest BCUT2D eigenvalue weighted by atomic mass is 32.1. The van der Waals surface area contributed by atoms with Crippen LogP contribution in [0.5, 0.6) is 11.5 Å². The molecular weight excluding hydrogens is 458 g/mol. The Morgan fingerprint density at radius 3 is 2.43 bits per heavy atom. The van der Waals surface area contributed by atoms with Gasteiger partial charge in [-0.25, -0.2) is 0 Å². The molecule has 0 aliphatic rings. The van der Waals surface area contributed by atoms with E-state index >= 15 is 0 Å². The summed E-state index contributed by atoms with van der Waals surface area (Å²) in [6, 6.07) is 14.0. The van der Waals surface area contributed by atoms with Gasteiger partial charge < -0.3 is 9.47 Å². The van der Waals surface area contributed by atoms with Crippen LogP contribution in [0.4, 0.5) is 0 Å². The van der Waals surface area contributed by atoms with Crippen LogP contribution in [-0.4, -0.2) is 27.8 Å². The third-order valence-corrected chi connectivity index (χ3v) is 6.72. The van der Waals surface area contributed by atoms with Crippen LogP contribution >= 0.6 is 11.3 Å². The Balaban J connectivity index is 1.60. The molecular formula is C28H33N3O3S. The Morgan fingerprint density at radius 2 is 1.77 bits per heavy atom. The summed E-state index contributed by atoms with van der Waals surface area (Å²) >= 11 is 1.33. The summed E-state index contributed by atoms with van der Waals surface area (Å²) < 4.78 is 13.7. The molecule has 0 radical (unpaired) electrons. The van der Waals surface area contributed by atoms with Crippen LogP contribution in [0.2, 0.25) is 0 Å². The van der Waals surface area contributed by atoms with Gasteiger partial charge in [-0.2, -0.15) is 9.50 Å². The zero-order chi connectivity index (χ0) is 25.0. The largest absolute Gasteiger partial charge is 0.490 e. The highest BCUT2D eigenvalue weighted by Crippen LogP contribution is 2.29. The molecule has 0 saturated heterocycles. The normalized spacial score (nSPS) is 12.4. The van der Waals surface area contributed by atoms with Gasteiger partial charge in [-0.3, -0.25) is 4.79 Å². The van der Waals surface area contributed by atoms with E-state index in [1.54, 1.807) is 0 Å². The number of unbranched alkanes of at least 4 members (excludes halogenated alkanes) is 2. The Hall–Kier alpha value is -3.19. The van der Waals surface area contributed by atoms with Gasteiger partial charge in [0.2, 0.25) is 4.96 Å². The summed E-state index contributed by atoms with van der Waals surface area (Å²) in [5.74, 6) is 1.97. The molecule has 0 unspecified atom stereocenters. The minimum absolute atomic E-state index is 0.0782. The van der Waals surface area contributed by atoms with Crippen molar-refractivity contribution in [2.45, 2.75) is 59.3 Å². The average Bonchev–Trinajstić information content (AvgIpc) is 3.37. The van der Waals surface area contributed by atoms with Crippen molar-refractivity contribution in [1.82, 2.24) is 14.6 Å². The van der Waals surface area contributed by atoms with Crippen LogP contribution in [0.1, 0.15) is 65.0 Å². The Labute approximate surface area is 210 Å². The van der Waals surface area contributed by atoms with Gasteiger partial charge in [-0.15, -0.1) is 5.10 Å². The quantitative estimate of drug-likeness (QED) is 0.284. The van der Waals surface area contributed by atoms with Crippen LogP contribution in [0.25, 0.3) is 22.4 Å². The van der Waals surface area contributed by atoms with Gasteiger partial charge in [0.15, 0.2) is 17.3 Å². The summed E-state index contributed by atoms with van der Waals surface area (Å²) in [6.07, 6.45) is 5.16. The van der Waals surface area contributed by atoms with Crippen molar-refractivity contribution in [1.29, 1.82) is 0 Å². The van der Waals surface area contributed by atoms with Gasteiger partial charge in [-0.05, 0) is 48.1 Å². The number of hydrogen-bond acceptors (Lipinski definition) is 6. The lowest BCUT2D eigenvalue weighted by molar-refractivity contribution is 0.271. The number of aromatic nitrogens is 3. The molecule has 184 valence electrons. The minimum Gasteiger partial charge on any atom is -0.490 e. The van der Waals surface area contributed by atoms with Crippen LogP contribution in [-0.2, 0) is 5.41 Å². The summed E-state index contributed by atoms with van der Waals surface area (Å²) in [5, 5.41) is 4.49. The average molecular weight is 492 g/mol. The topological polar surface area (TPSA) is 65.7 Å². The van der Waals surface area contributed by atoms with E-state index in [0.717, 1.165) is 36.1 Å². The van der Waals surface area contributed by atoms with E-state index in [1.807, 2.05) is 43.3 Å². The molecule has 2 aromatic heterocycles. The summed E-state index contributed by atoms with van der Waals surface area (Å²) in [4.78, 5) is 18.2. The first-order chi connectivity index (χ1) is 16.8. The van der Waals surface area contributed by atoms with Gasteiger partial charge in [0.25, 0.3) is 5.56 Å². The van der Waals surface area contributed by atoms with Crippen molar-refractivity contribution >= 4 is 22.4 Å². The fraction of sp³-hybridized carbons (Fsp3) is 0.393. The standard InChI is InChI=1S/C28H33N3O3S/c1-6-8-9-16-34-22-15-10-19(17-23(22)33-7-2)18-24-26(32)31-27(35-24)29-25(30-31)20-11-13-21(14-12-20)28(3,4)5/h10-15,17-18H,6-9,16H2,1-5H3. The number of ether oxygens (including phenoxy) is 2. The summed E-state index contributed by atoms with van der Waals surface area (Å²) in [7, 11) is 0. The van der Waals surface area contributed by atoms with Crippen LogP contribution < -0.4 is 19.6 Å². The first kappa shape index (κ1) is 24.9. The SMILES string of the molecule is CCCCCOc1ccc(C=c2sc3nc(-c4ccc(C(C)(C)C)cc4)nn3c2=O)cc1OCC. The molecule has 0 spiro atoms. The number of fused-ring (bicyclic) bond motifs is 1. The molecule has 0 atom stereocenters. The van der Waals surface area contributed by atoms with E-state index < -0.39 is 0 Å². The molecule has 0 bridgehead atoms. The fourth-order valence-corrected chi connectivity index (χ4v) is 4.67. The first-order valence-electron chi connectivity index (χ1n) is 12.2. The maximum atomic E-state index is 13.0. The van der Waals surface area contributed by atoms with Crippen molar-refractivity contribution in [2.75, 3.05) is 13.2 Å². The molecule has 0 amide bonds. The van der Waals surface area contributed by atoms with Crippen molar-refractivity contribution in [3.8, 4) is 22.9 Å². The molecule has 0 saturated carbocycles. The third-order valence-electron chi connectivity index (χ3n) is 5.76. The number of thiazole rings is 1. The zero-order valence-electron chi connectivity index (χ0n) is 21.1. The lowest BCUT2D eigenvalue weighted by Gasteiger charge is -2.18. The second-order valence-corrected chi connectivity index (χ2v) is 10.6. The van der Waals surface area contributed by atoms with Crippen molar-refractivity contribution in [2.24, 2.45) is 0 Å². The summed E-state index contributed by atoms with van der Waals surface area (Å²) in [6.45, 7) is 11.9. The molecule has 35 heavy (non-hydrogen) atoms. The van der Waals surface area contributed by atoms with Crippen LogP contribution in [0, 0.1) is 0 Å². The minimum atomic E-state index is -0.173. The van der Waals surface area contributed by atoms with Gasteiger partial charge in [0.1, 0.15) is 0 Å². The lowest BCUT2D eigenvalue weighted by Crippen LogP contribution is -2.23. The molecule has 4 rings (SSSR count). The predicted octanol–water partition coefficient (Wildman–Crippen LogP) is 5.63. The van der Waals surface area contributed by atoms with Gasteiger partial charge in [0.05, 0.1) is 17.7 Å². The van der Waals surface area contributed by atoms with E-state index in [4.69, 9.17) is 9.47 Å². The lowest BCUT2D eigenvalue weighted by atomic mass is 9.87. The second-order valence-electron chi connectivity index (χ2n) is 9.57. The van der Waals surface area contributed by atoms with Gasteiger partial charge in [0, 0.05) is 5.56 Å².